The predicted octanol–water partition coefficient (Wildman–Crippen LogP) is 2.20. The van der Waals surface area contributed by atoms with Gasteiger partial charge in [0.25, 0.3) is 11.8 Å². The molecule has 1 aromatic carbocycles. The molecular weight excluding hydrogens is 262 g/mol. The van der Waals surface area contributed by atoms with Gasteiger partial charge in [0, 0.05) is 0 Å². The summed E-state index contributed by atoms with van der Waals surface area (Å²) in [5, 5.41) is 9.43. The fourth-order valence-corrected chi connectivity index (χ4v) is 2.89. The van der Waals surface area contributed by atoms with E-state index in [-0.39, 0.29) is 11.8 Å². The van der Waals surface area contributed by atoms with Gasteiger partial charge < -0.3 is 0 Å². The van der Waals surface area contributed by atoms with Gasteiger partial charge in [0.1, 0.15) is 10.0 Å². The van der Waals surface area contributed by atoms with Gasteiger partial charge in [0.05, 0.1) is 17.2 Å². The van der Waals surface area contributed by atoms with E-state index >= 15 is 0 Å². The lowest BCUT2D eigenvalue weighted by atomic mass is 10.1. The maximum atomic E-state index is 12.3. The van der Waals surface area contributed by atoms with Crippen LogP contribution in [0.1, 0.15) is 43.7 Å². The minimum atomic E-state index is -0.390. The summed E-state index contributed by atoms with van der Waals surface area (Å²) in [5.74, 6) is -0.526. The zero-order valence-corrected chi connectivity index (χ0v) is 11.3. The van der Waals surface area contributed by atoms with Gasteiger partial charge in [-0.1, -0.05) is 23.5 Å². The third kappa shape index (κ3) is 1.76. The van der Waals surface area contributed by atoms with Gasteiger partial charge in [-0.25, -0.2) is 0 Å². The zero-order valence-electron chi connectivity index (χ0n) is 10.5. The quantitative estimate of drug-likeness (QED) is 0.787. The number of hydrogen-bond acceptors (Lipinski definition) is 5. The first-order chi connectivity index (χ1) is 9.09. The highest BCUT2D eigenvalue weighted by Gasteiger charge is 2.39. The SMILES string of the molecule is Cc1nnc(C(C)N2C(=O)c3ccccc3C2=O)s1. The average molecular weight is 273 g/mol. The van der Waals surface area contributed by atoms with Crippen LogP contribution in [0.15, 0.2) is 24.3 Å². The van der Waals surface area contributed by atoms with Crippen LogP contribution in [-0.4, -0.2) is 26.9 Å². The third-order valence-corrected chi connectivity index (χ3v) is 4.12. The molecule has 0 radical (unpaired) electrons. The summed E-state index contributed by atoms with van der Waals surface area (Å²) in [7, 11) is 0. The normalized spacial score (nSPS) is 15.8. The van der Waals surface area contributed by atoms with Crippen molar-refractivity contribution in [2.75, 3.05) is 0 Å². The van der Waals surface area contributed by atoms with E-state index in [4.69, 9.17) is 0 Å². The van der Waals surface area contributed by atoms with Crippen molar-refractivity contribution in [3.05, 3.63) is 45.4 Å². The summed E-state index contributed by atoms with van der Waals surface area (Å²) in [4.78, 5) is 25.8. The summed E-state index contributed by atoms with van der Waals surface area (Å²) in [6.07, 6.45) is 0. The fourth-order valence-electron chi connectivity index (χ4n) is 2.15. The zero-order chi connectivity index (χ0) is 13.6. The second-order valence-electron chi connectivity index (χ2n) is 4.36. The molecule has 0 aliphatic carbocycles. The van der Waals surface area contributed by atoms with Gasteiger partial charge in [0.15, 0.2) is 0 Å². The van der Waals surface area contributed by atoms with Crippen molar-refractivity contribution in [2.24, 2.45) is 0 Å². The van der Waals surface area contributed by atoms with E-state index in [1.807, 2.05) is 6.92 Å². The van der Waals surface area contributed by atoms with Gasteiger partial charge in [-0.2, -0.15) is 0 Å². The Labute approximate surface area is 113 Å². The molecule has 1 unspecified atom stereocenters. The number of nitrogens with zero attached hydrogens (tertiary/aromatic N) is 3. The summed E-state index contributed by atoms with van der Waals surface area (Å²) in [6.45, 7) is 3.64. The van der Waals surface area contributed by atoms with Crippen molar-refractivity contribution in [3.63, 3.8) is 0 Å². The molecule has 0 N–H and O–H groups in total. The number of hydrogen-bond donors (Lipinski definition) is 0. The molecule has 3 rings (SSSR count). The van der Waals surface area contributed by atoms with E-state index < -0.39 is 6.04 Å². The first-order valence-corrected chi connectivity index (χ1v) is 6.68. The van der Waals surface area contributed by atoms with E-state index in [9.17, 15) is 9.59 Å². The van der Waals surface area contributed by atoms with Crippen LogP contribution in [0.4, 0.5) is 0 Å². The second-order valence-corrected chi connectivity index (χ2v) is 5.57. The van der Waals surface area contributed by atoms with E-state index in [2.05, 4.69) is 10.2 Å². The summed E-state index contributed by atoms with van der Waals surface area (Å²) in [5.41, 5.74) is 0.918. The minimum absolute atomic E-state index is 0.263. The Hall–Kier alpha value is -2.08. The maximum Gasteiger partial charge on any atom is 0.262 e. The van der Waals surface area contributed by atoms with Crippen LogP contribution in [0.2, 0.25) is 0 Å². The second kappa shape index (κ2) is 4.24. The molecule has 5 nitrogen and oxygen atoms in total. The molecule has 0 bridgehead atoms. The molecule has 1 aliphatic rings. The topological polar surface area (TPSA) is 63.2 Å². The van der Waals surface area contributed by atoms with Crippen molar-refractivity contribution in [1.29, 1.82) is 0 Å². The predicted molar refractivity (Wildman–Crippen MR) is 70.0 cm³/mol. The van der Waals surface area contributed by atoms with E-state index in [1.54, 1.807) is 31.2 Å². The number of rotatable bonds is 2. The summed E-state index contributed by atoms with van der Waals surface area (Å²) >= 11 is 1.40. The number of aryl methyl sites for hydroxylation is 1. The number of fused-ring (bicyclic) bond motifs is 1. The smallest absolute Gasteiger partial charge is 0.262 e. The van der Waals surface area contributed by atoms with Gasteiger partial charge in [-0.05, 0) is 26.0 Å². The fraction of sp³-hybridized carbons (Fsp3) is 0.231. The number of carbonyl (C=O) groups is 2. The molecule has 1 atom stereocenters. The molecule has 2 amide bonds. The minimum Gasteiger partial charge on any atom is -0.269 e. The molecular formula is C13H11N3O2S. The molecule has 1 aliphatic heterocycles. The lowest BCUT2D eigenvalue weighted by Gasteiger charge is -2.19. The Kier molecular flexibility index (Phi) is 2.67. The molecule has 19 heavy (non-hydrogen) atoms. The molecule has 0 saturated heterocycles. The molecule has 0 spiro atoms. The Morgan fingerprint density at radius 3 is 2.16 bits per heavy atom. The highest BCUT2D eigenvalue weighted by Crippen LogP contribution is 2.31. The van der Waals surface area contributed by atoms with Crippen molar-refractivity contribution in [2.45, 2.75) is 19.9 Å². The van der Waals surface area contributed by atoms with Crippen molar-refractivity contribution >= 4 is 23.2 Å². The maximum absolute atomic E-state index is 12.3. The van der Waals surface area contributed by atoms with Crippen LogP contribution in [0.3, 0.4) is 0 Å². The van der Waals surface area contributed by atoms with Crippen LogP contribution < -0.4 is 0 Å². The van der Waals surface area contributed by atoms with Crippen LogP contribution in [0.25, 0.3) is 0 Å². The van der Waals surface area contributed by atoms with E-state index in [0.29, 0.717) is 16.1 Å². The number of aromatic nitrogens is 2. The van der Waals surface area contributed by atoms with Gasteiger partial charge in [-0.15, -0.1) is 10.2 Å². The highest BCUT2D eigenvalue weighted by atomic mass is 32.1. The molecule has 1 aromatic heterocycles. The molecule has 96 valence electrons. The Bertz CT molecular complexity index is 645. The Morgan fingerprint density at radius 2 is 1.68 bits per heavy atom. The molecule has 0 fully saturated rings. The van der Waals surface area contributed by atoms with Gasteiger partial charge in [0.2, 0.25) is 0 Å². The number of carbonyl (C=O) groups excluding carboxylic acids is 2. The molecule has 2 aromatic rings. The number of imide groups is 1. The summed E-state index contributed by atoms with van der Waals surface area (Å²) < 4.78 is 0. The third-order valence-electron chi connectivity index (χ3n) is 3.11. The van der Waals surface area contributed by atoms with Crippen LogP contribution >= 0.6 is 11.3 Å². The monoisotopic (exact) mass is 273 g/mol. The number of benzene rings is 1. The lowest BCUT2D eigenvalue weighted by Crippen LogP contribution is -2.32. The average Bonchev–Trinajstić information content (AvgIpc) is 2.94. The van der Waals surface area contributed by atoms with Crippen LogP contribution in [0.5, 0.6) is 0 Å². The molecule has 6 heteroatoms. The van der Waals surface area contributed by atoms with Gasteiger partial charge >= 0.3 is 0 Å². The summed E-state index contributed by atoms with van der Waals surface area (Å²) in [6, 6.07) is 6.47. The van der Waals surface area contributed by atoms with E-state index in [0.717, 1.165) is 5.01 Å². The van der Waals surface area contributed by atoms with Crippen LogP contribution in [-0.2, 0) is 0 Å². The van der Waals surface area contributed by atoms with Crippen molar-refractivity contribution in [1.82, 2.24) is 15.1 Å². The molecule has 2 heterocycles. The number of amides is 2. The van der Waals surface area contributed by atoms with Gasteiger partial charge in [-0.3, -0.25) is 14.5 Å². The highest BCUT2D eigenvalue weighted by molar-refractivity contribution is 7.11. The largest absolute Gasteiger partial charge is 0.269 e. The Balaban J connectivity index is 2.00. The first-order valence-electron chi connectivity index (χ1n) is 5.86. The van der Waals surface area contributed by atoms with Crippen LogP contribution in [0, 0.1) is 6.92 Å². The van der Waals surface area contributed by atoms with Crippen molar-refractivity contribution < 1.29 is 9.59 Å². The van der Waals surface area contributed by atoms with Crippen molar-refractivity contribution in [3.8, 4) is 0 Å². The van der Waals surface area contributed by atoms with E-state index in [1.165, 1.54) is 16.2 Å². The first kappa shape index (κ1) is 12.0. The molecule has 0 saturated carbocycles. The Morgan fingerprint density at radius 1 is 1.11 bits per heavy atom. The standard InChI is InChI=1S/C13H11N3O2S/c1-7(11-15-14-8(2)19-11)16-12(17)9-5-3-4-6-10(9)13(16)18/h3-7H,1-2H3. The lowest BCUT2D eigenvalue weighted by molar-refractivity contribution is 0.0594.